The number of fused-ring (bicyclic) bond motifs is 1. The molecule has 0 radical (unpaired) electrons. The van der Waals surface area contributed by atoms with Gasteiger partial charge in [-0.1, -0.05) is 18.2 Å². The summed E-state index contributed by atoms with van der Waals surface area (Å²) < 4.78 is 58.5. The number of amides is 1. The van der Waals surface area contributed by atoms with Crippen LogP contribution >= 0.6 is 21.7 Å². The van der Waals surface area contributed by atoms with Gasteiger partial charge in [0, 0.05) is 22.0 Å². The van der Waals surface area contributed by atoms with E-state index in [-0.39, 0.29) is 31.8 Å². The summed E-state index contributed by atoms with van der Waals surface area (Å²) in [6.45, 7) is 1.79. The van der Waals surface area contributed by atoms with Gasteiger partial charge in [-0.25, -0.2) is 0 Å². The Labute approximate surface area is 169 Å². The van der Waals surface area contributed by atoms with Crippen LogP contribution in [0.4, 0.5) is 11.4 Å². The van der Waals surface area contributed by atoms with Crippen LogP contribution in [0, 0.1) is 6.92 Å². The van der Waals surface area contributed by atoms with E-state index in [1.165, 1.54) is 36.4 Å². The van der Waals surface area contributed by atoms with Crippen LogP contribution in [-0.2, 0) is 0 Å². The van der Waals surface area contributed by atoms with E-state index < -0.39 is 27.6 Å². The van der Waals surface area contributed by atoms with E-state index in [0.717, 1.165) is 5.56 Å². The highest BCUT2D eigenvalue weighted by atomic mass is 32.3. The number of benzene rings is 3. The largest absolute Gasteiger partial charge is 0.398 e. The maximum Gasteiger partial charge on any atom is 0.255 e. The minimum atomic E-state index is -4.23. The Balaban J connectivity index is 2.19. The van der Waals surface area contributed by atoms with Crippen LogP contribution in [0.2, 0.25) is 0 Å². The second-order valence-corrected chi connectivity index (χ2v) is 9.31. The molecule has 0 saturated heterocycles. The molecule has 3 rings (SSSR count). The highest BCUT2D eigenvalue weighted by molar-refractivity contribution is 8.20. The predicted molar refractivity (Wildman–Crippen MR) is 115 cm³/mol. The lowest BCUT2D eigenvalue weighted by molar-refractivity contribution is 0.102. The Hall–Kier alpha value is -2.35. The number of anilines is 2. The van der Waals surface area contributed by atoms with E-state index in [0.29, 0.717) is 5.69 Å². The number of nitrogen functional groups attached to an aromatic ring is 1. The van der Waals surface area contributed by atoms with Crippen molar-refractivity contribution in [3.63, 3.8) is 0 Å². The maximum absolute atomic E-state index is 12.7. The van der Waals surface area contributed by atoms with Gasteiger partial charge in [-0.15, -0.1) is 0 Å². The molecule has 1 amide bonds. The number of hydrogen-bond acceptors (Lipinski definition) is 8. The average Bonchev–Trinajstić information content (AvgIpc) is 2.61. The van der Waals surface area contributed by atoms with Crippen molar-refractivity contribution in [2.45, 2.75) is 16.7 Å². The van der Waals surface area contributed by atoms with Gasteiger partial charge in [0.1, 0.15) is 21.7 Å². The zero-order valence-corrected chi connectivity index (χ0v) is 16.7. The summed E-state index contributed by atoms with van der Waals surface area (Å²) in [7, 11) is -8.40. The Morgan fingerprint density at radius 1 is 0.897 bits per heavy atom. The lowest BCUT2D eigenvalue weighted by atomic mass is 10.1. The van der Waals surface area contributed by atoms with Crippen molar-refractivity contribution in [1.29, 1.82) is 0 Å². The van der Waals surface area contributed by atoms with Crippen molar-refractivity contribution in [2.24, 2.45) is 0 Å². The van der Waals surface area contributed by atoms with Gasteiger partial charge in [0.25, 0.3) is 5.91 Å². The molecule has 156 valence electrons. The van der Waals surface area contributed by atoms with Crippen LogP contribution in [-0.4, -0.2) is 33.2 Å². The number of nitrogens with two attached hydrogens (primary N) is 1. The van der Waals surface area contributed by atoms with E-state index in [9.17, 15) is 32.1 Å². The monoisotopic (exact) mass is 440 g/mol. The van der Waals surface area contributed by atoms with E-state index in [1.807, 2.05) is 0 Å². The quantitative estimate of drug-likeness (QED) is 0.257. The first kappa shape index (κ1) is 21.4. The Bertz CT molecular complexity index is 1110. The van der Waals surface area contributed by atoms with Crippen LogP contribution in [0.15, 0.2) is 58.3 Å². The zero-order chi connectivity index (χ0) is 21.6. The number of aryl methyl sites for hydroxylation is 1. The molecule has 0 aliphatic carbocycles. The molecule has 0 aliphatic rings. The fraction of sp³-hybridized carbons (Fsp3) is 0.0556. The lowest BCUT2D eigenvalue weighted by Gasteiger charge is -2.26. The third-order valence-electron chi connectivity index (χ3n) is 4.34. The highest BCUT2D eigenvalue weighted by Crippen LogP contribution is 2.53. The first-order valence-electron chi connectivity index (χ1n) is 8.14. The number of carbonyl (C=O) groups is 1. The van der Waals surface area contributed by atoms with Crippen LogP contribution in [0.5, 0.6) is 0 Å². The second-order valence-electron chi connectivity index (χ2n) is 6.35. The molecule has 29 heavy (non-hydrogen) atoms. The Kier molecular flexibility index (Phi) is 5.51. The van der Waals surface area contributed by atoms with Gasteiger partial charge in [0.2, 0.25) is 0 Å². The first-order valence-corrected chi connectivity index (χ1v) is 11.1. The summed E-state index contributed by atoms with van der Waals surface area (Å²) in [5.41, 5.74) is 7.34. The van der Waals surface area contributed by atoms with Gasteiger partial charge in [0.05, 0.1) is 15.5 Å². The Morgan fingerprint density at radius 3 is 2.14 bits per heavy atom. The minimum Gasteiger partial charge on any atom is -0.398 e. The van der Waals surface area contributed by atoms with Crippen LogP contribution < -0.4 is 11.1 Å². The molecule has 0 saturated carbocycles. The summed E-state index contributed by atoms with van der Waals surface area (Å²) in [6.07, 6.45) is 0. The molecule has 0 aromatic heterocycles. The molecule has 0 atom stereocenters. The molecule has 0 heterocycles. The smallest absolute Gasteiger partial charge is 0.255 e. The van der Waals surface area contributed by atoms with Crippen molar-refractivity contribution >= 4 is 49.8 Å². The van der Waals surface area contributed by atoms with E-state index >= 15 is 0 Å². The summed E-state index contributed by atoms with van der Waals surface area (Å²) in [6, 6.07) is 11.1. The number of rotatable bonds is 4. The summed E-state index contributed by atoms with van der Waals surface area (Å²) in [4.78, 5) is 12.0. The molecule has 0 aliphatic heterocycles. The molecular weight excluding hydrogens is 420 g/mol. The SMILES string of the molecule is Cc1ccc(C(=O)Nc2ccc(S(O)(O)O)c3cccc(S(O)(O)O)c23)cc1N. The van der Waals surface area contributed by atoms with E-state index in [4.69, 9.17) is 5.73 Å². The molecule has 0 bridgehead atoms. The highest BCUT2D eigenvalue weighted by Gasteiger charge is 2.26. The summed E-state index contributed by atoms with van der Waals surface area (Å²) in [5, 5.41) is 2.54. The van der Waals surface area contributed by atoms with Gasteiger partial charge in [-0.3, -0.25) is 4.79 Å². The number of nitrogens with one attached hydrogen (secondary N) is 1. The second kappa shape index (κ2) is 7.48. The maximum atomic E-state index is 12.7. The number of hydrogen-bond donors (Lipinski definition) is 8. The van der Waals surface area contributed by atoms with Crippen LogP contribution in [0.1, 0.15) is 15.9 Å². The van der Waals surface area contributed by atoms with Crippen LogP contribution in [0.3, 0.4) is 0 Å². The number of carbonyl (C=O) groups excluding carboxylic acids is 1. The summed E-state index contributed by atoms with van der Waals surface area (Å²) >= 11 is 0. The van der Waals surface area contributed by atoms with Crippen LogP contribution in [0.25, 0.3) is 10.8 Å². The van der Waals surface area contributed by atoms with Gasteiger partial charge in [0.15, 0.2) is 0 Å². The van der Waals surface area contributed by atoms with Gasteiger partial charge in [-0.05, 0) is 42.8 Å². The fourth-order valence-electron chi connectivity index (χ4n) is 2.89. The average molecular weight is 440 g/mol. The van der Waals surface area contributed by atoms with Gasteiger partial charge < -0.3 is 38.4 Å². The molecule has 9 nitrogen and oxygen atoms in total. The lowest BCUT2D eigenvalue weighted by Crippen LogP contribution is -2.14. The van der Waals surface area contributed by atoms with Crippen molar-refractivity contribution in [1.82, 2.24) is 0 Å². The van der Waals surface area contributed by atoms with Gasteiger partial charge >= 0.3 is 0 Å². The van der Waals surface area contributed by atoms with Crippen molar-refractivity contribution in [2.75, 3.05) is 11.1 Å². The predicted octanol–water partition coefficient (Wildman–Crippen LogP) is 5.15. The molecule has 3 aromatic carbocycles. The molecule has 9 N–H and O–H groups in total. The first-order chi connectivity index (χ1) is 13.4. The molecule has 3 aromatic rings. The van der Waals surface area contributed by atoms with Gasteiger partial charge in [-0.2, -0.15) is 0 Å². The van der Waals surface area contributed by atoms with Crippen molar-refractivity contribution in [3.8, 4) is 0 Å². The van der Waals surface area contributed by atoms with E-state index in [1.54, 1.807) is 19.1 Å². The fourth-order valence-corrected chi connectivity index (χ4v) is 4.36. The zero-order valence-electron chi connectivity index (χ0n) is 15.1. The minimum absolute atomic E-state index is 0.0141. The normalized spacial score (nSPS) is 13.3. The third kappa shape index (κ3) is 4.32. The molecule has 0 unspecified atom stereocenters. The molecule has 0 spiro atoms. The van der Waals surface area contributed by atoms with Crippen molar-refractivity contribution < 1.29 is 32.1 Å². The molecular formula is C18H20N2O7S2. The van der Waals surface area contributed by atoms with Crippen molar-refractivity contribution in [3.05, 3.63) is 59.7 Å². The topological polar surface area (TPSA) is 176 Å². The molecule has 0 fully saturated rings. The molecule has 11 heteroatoms. The van der Waals surface area contributed by atoms with E-state index in [2.05, 4.69) is 5.32 Å². The summed E-state index contributed by atoms with van der Waals surface area (Å²) in [5.74, 6) is -0.564. The standard InChI is InChI=1S/C18H20N2O7S2/c1-10-5-6-11(9-13(10)19)18(21)20-14-7-8-15(28(22,23)24)12-3-2-4-16(17(12)14)29(25,26)27/h2-9,22-27H,19H2,1H3,(H,20,21). The Morgan fingerprint density at radius 2 is 1.55 bits per heavy atom. The third-order valence-corrected chi connectivity index (χ3v) is 6.22.